The number of tetrazole rings is 1. The summed E-state index contributed by atoms with van der Waals surface area (Å²) in [7, 11) is 0. The molecule has 1 amide bonds. The molecule has 0 spiro atoms. The van der Waals surface area contributed by atoms with Gasteiger partial charge in [0.1, 0.15) is 0 Å². The molecule has 0 bridgehead atoms. The SMILES string of the molecule is CC[C@@H](C(=O)N1CC[C@H](C(=O)O)C1)n1nnc(-c2ccc(Cl)cc2)n1. The van der Waals surface area contributed by atoms with Gasteiger partial charge in [0.2, 0.25) is 11.7 Å². The second-order valence-electron chi connectivity index (χ2n) is 5.97. The lowest BCUT2D eigenvalue weighted by atomic mass is 10.1. The lowest BCUT2D eigenvalue weighted by Crippen LogP contribution is -2.37. The number of halogens is 1. The third-order valence-electron chi connectivity index (χ3n) is 4.33. The maximum absolute atomic E-state index is 12.7. The first-order chi connectivity index (χ1) is 12.0. The van der Waals surface area contributed by atoms with Crippen LogP contribution >= 0.6 is 11.6 Å². The Hall–Kier alpha value is -2.48. The molecule has 2 atom stereocenters. The predicted molar refractivity (Wildman–Crippen MR) is 89.9 cm³/mol. The zero-order valence-corrected chi connectivity index (χ0v) is 14.4. The molecule has 0 saturated carbocycles. The van der Waals surface area contributed by atoms with Gasteiger partial charge in [-0.2, -0.15) is 4.80 Å². The van der Waals surface area contributed by atoms with E-state index in [1.54, 1.807) is 29.2 Å². The van der Waals surface area contributed by atoms with Crippen molar-refractivity contribution in [2.45, 2.75) is 25.8 Å². The van der Waals surface area contributed by atoms with Gasteiger partial charge in [0, 0.05) is 23.7 Å². The molecule has 25 heavy (non-hydrogen) atoms. The van der Waals surface area contributed by atoms with Gasteiger partial charge in [0.25, 0.3) is 0 Å². The smallest absolute Gasteiger partial charge is 0.308 e. The van der Waals surface area contributed by atoms with Gasteiger partial charge in [-0.3, -0.25) is 9.59 Å². The Labute approximate surface area is 149 Å². The fourth-order valence-electron chi connectivity index (χ4n) is 2.88. The number of hydrogen-bond donors (Lipinski definition) is 1. The topological polar surface area (TPSA) is 101 Å². The van der Waals surface area contributed by atoms with E-state index in [1.807, 2.05) is 6.92 Å². The van der Waals surface area contributed by atoms with Crippen molar-refractivity contribution in [3.05, 3.63) is 29.3 Å². The number of hydrogen-bond acceptors (Lipinski definition) is 5. The molecule has 3 rings (SSSR count). The van der Waals surface area contributed by atoms with Crippen LogP contribution in [-0.2, 0) is 9.59 Å². The molecular weight excluding hydrogens is 346 g/mol. The Balaban J connectivity index is 1.76. The average molecular weight is 364 g/mol. The molecule has 0 radical (unpaired) electrons. The Kier molecular flexibility index (Phi) is 4.98. The van der Waals surface area contributed by atoms with Gasteiger partial charge in [-0.1, -0.05) is 18.5 Å². The van der Waals surface area contributed by atoms with Crippen LogP contribution in [0.2, 0.25) is 5.02 Å². The number of nitrogens with zero attached hydrogens (tertiary/aromatic N) is 5. The van der Waals surface area contributed by atoms with Crippen molar-refractivity contribution in [1.29, 1.82) is 0 Å². The number of likely N-dealkylation sites (tertiary alicyclic amines) is 1. The van der Waals surface area contributed by atoms with Crippen molar-refractivity contribution >= 4 is 23.5 Å². The molecule has 0 unspecified atom stereocenters. The van der Waals surface area contributed by atoms with E-state index in [9.17, 15) is 9.59 Å². The number of carboxylic acids is 1. The third-order valence-corrected chi connectivity index (χ3v) is 4.58. The maximum Gasteiger partial charge on any atom is 0.308 e. The highest BCUT2D eigenvalue weighted by atomic mass is 35.5. The van der Waals surface area contributed by atoms with Gasteiger partial charge >= 0.3 is 5.97 Å². The number of carbonyl (C=O) groups is 2. The van der Waals surface area contributed by atoms with Crippen LogP contribution in [0.3, 0.4) is 0 Å². The highest BCUT2D eigenvalue weighted by Gasteiger charge is 2.35. The van der Waals surface area contributed by atoms with Crippen LogP contribution in [0.1, 0.15) is 25.8 Å². The second-order valence-corrected chi connectivity index (χ2v) is 6.41. The van der Waals surface area contributed by atoms with E-state index in [2.05, 4.69) is 15.4 Å². The first-order valence-corrected chi connectivity index (χ1v) is 8.44. The van der Waals surface area contributed by atoms with Crippen molar-refractivity contribution in [1.82, 2.24) is 25.1 Å². The van der Waals surface area contributed by atoms with E-state index < -0.39 is 17.9 Å². The van der Waals surface area contributed by atoms with Gasteiger partial charge in [0.15, 0.2) is 6.04 Å². The summed E-state index contributed by atoms with van der Waals surface area (Å²) in [6.07, 6.45) is 0.960. The third kappa shape index (κ3) is 3.63. The van der Waals surface area contributed by atoms with E-state index in [0.717, 1.165) is 5.56 Å². The number of aromatic nitrogens is 4. The van der Waals surface area contributed by atoms with Crippen LogP contribution in [0.15, 0.2) is 24.3 Å². The highest BCUT2D eigenvalue weighted by Crippen LogP contribution is 2.23. The summed E-state index contributed by atoms with van der Waals surface area (Å²) in [6, 6.07) is 6.43. The number of carbonyl (C=O) groups excluding carboxylic acids is 1. The Morgan fingerprint density at radius 2 is 2.08 bits per heavy atom. The monoisotopic (exact) mass is 363 g/mol. The number of amides is 1. The van der Waals surface area contributed by atoms with E-state index >= 15 is 0 Å². The zero-order chi connectivity index (χ0) is 18.0. The average Bonchev–Trinajstić information content (AvgIpc) is 3.26. The van der Waals surface area contributed by atoms with E-state index in [-0.39, 0.29) is 12.5 Å². The fraction of sp³-hybridized carbons (Fsp3) is 0.438. The van der Waals surface area contributed by atoms with E-state index in [0.29, 0.717) is 30.2 Å². The lowest BCUT2D eigenvalue weighted by molar-refractivity contribution is -0.141. The van der Waals surface area contributed by atoms with Crippen LogP contribution in [0.5, 0.6) is 0 Å². The zero-order valence-electron chi connectivity index (χ0n) is 13.7. The van der Waals surface area contributed by atoms with Gasteiger partial charge < -0.3 is 10.0 Å². The van der Waals surface area contributed by atoms with Crippen LogP contribution in [0.25, 0.3) is 11.4 Å². The van der Waals surface area contributed by atoms with Gasteiger partial charge in [0.05, 0.1) is 5.92 Å². The summed E-state index contributed by atoms with van der Waals surface area (Å²) in [5, 5.41) is 22.0. The summed E-state index contributed by atoms with van der Waals surface area (Å²) in [5.41, 5.74) is 0.755. The molecular formula is C16H18ClN5O3. The molecule has 1 fully saturated rings. The minimum absolute atomic E-state index is 0.175. The van der Waals surface area contributed by atoms with Gasteiger partial charge in [-0.05, 0) is 42.3 Å². The molecule has 9 heteroatoms. The van der Waals surface area contributed by atoms with Crippen molar-refractivity contribution in [2.75, 3.05) is 13.1 Å². The summed E-state index contributed by atoms with van der Waals surface area (Å²) in [5.74, 6) is -1.14. The van der Waals surface area contributed by atoms with Crippen molar-refractivity contribution in [3.63, 3.8) is 0 Å². The summed E-state index contributed by atoms with van der Waals surface area (Å²) >= 11 is 5.87. The molecule has 0 aliphatic carbocycles. The number of benzene rings is 1. The minimum Gasteiger partial charge on any atom is -0.481 e. The Morgan fingerprint density at radius 3 is 2.68 bits per heavy atom. The van der Waals surface area contributed by atoms with Crippen LogP contribution < -0.4 is 0 Å². The second kappa shape index (κ2) is 7.18. The van der Waals surface area contributed by atoms with Crippen molar-refractivity contribution < 1.29 is 14.7 Å². The maximum atomic E-state index is 12.7. The lowest BCUT2D eigenvalue weighted by Gasteiger charge is -2.21. The fourth-order valence-corrected chi connectivity index (χ4v) is 3.01. The molecule has 2 heterocycles. The predicted octanol–water partition coefficient (Wildman–Crippen LogP) is 1.88. The van der Waals surface area contributed by atoms with Crippen LogP contribution in [0, 0.1) is 5.92 Å². The number of carboxylic acid groups (broad SMARTS) is 1. The molecule has 1 aromatic carbocycles. The molecule has 1 N–H and O–H groups in total. The Morgan fingerprint density at radius 1 is 1.36 bits per heavy atom. The summed E-state index contributed by atoms with van der Waals surface area (Å²) in [4.78, 5) is 26.7. The van der Waals surface area contributed by atoms with E-state index in [1.165, 1.54) is 4.80 Å². The Bertz CT molecular complexity index is 776. The summed E-state index contributed by atoms with van der Waals surface area (Å²) in [6.45, 7) is 2.52. The number of aliphatic carboxylic acids is 1. The van der Waals surface area contributed by atoms with Crippen molar-refractivity contribution in [2.24, 2.45) is 5.92 Å². The van der Waals surface area contributed by atoms with Crippen molar-refractivity contribution in [3.8, 4) is 11.4 Å². The highest BCUT2D eigenvalue weighted by molar-refractivity contribution is 6.30. The molecule has 2 aromatic rings. The molecule has 1 saturated heterocycles. The molecule has 1 aliphatic rings. The quantitative estimate of drug-likeness (QED) is 0.870. The summed E-state index contributed by atoms with van der Waals surface area (Å²) < 4.78 is 0. The first kappa shape index (κ1) is 17.3. The van der Waals surface area contributed by atoms with Crippen LogP contribution in [-0.4, -0.2) is 55.2 Å². The number of rotatable bonds is 5. The van der Waals surface area contributed by atoms with Gasteiger partial charge in [-0.15, -0.1) is 10.2 Å². The molecule has 1 aliphatic heterocycles. The normalized spacial score (nSPS) is 18.3. The standard InChI is InChI=1S/C16H18ClN5O3/c1-2-13(15(23)21-8-7-11(9-21)16(24)25)22-19-14(18-20-22)10-3-5-12(17)6-4-10/h3-6,11,13H,2,7-9H2,1H3,(H,24,25)/t11-,13-/m0/s1. The van der Waals surface area contributed by atoms with Gasteiger partial charge in [-0.25, -0.2) is 0 Å². The molecule has 132 valence electrons. The largest absolute Gasteiger partial charge is 0.481 e. The van der Waals surface area contributed by atoms with Crippen LogP contribution in [0.4, 0.5) is 0 Å². The molecule has 8 nitrogen and oxygen atoms in total. The first-order valence-electron chi connectivity index (χ1n) is 8.06. The van der Waals surface area contributed by atoms with E-state index in [4.69, 9.17) is 16.7 Å². The minimum atomic E-state index is -0.868. The molecule has 1 aromatic heterocycles.